The Bertz CT molecular complexity index is 3180. The van der Waals surface area contributed by atoms with Gasteiger partial charge in [0.25, 0.3) is 0 Å². The van der Waals surface area contributed by atoms with E-state index in [0.717, 1.165) is 17.1 Å². The van der Waals surface area contributed by atoms with Gasteiger partial charge in [-0.25, -0.2) is 0 Å². The average molecular weight is 766 g/mol. The van der Waals surface area contributed by atoms with Crippen LogP contribution in [0.15, 0.2) is 224 Å². The normalized spacial score (nSPS) is 12.6. The minimum absolute atomic E-state index is 0.0907. The van der Waals surface area contributed by atoms with Crippen molar-refractivity contribution in [3.05, 3.63) is 236 Å². The number of anilines is 3. The maximum atomic E-state index is 2.41. The second-order valence-corrected chi connectivity index (χ2v) is 16.5. The maximum Gasteiger partial charge on any atom is 0.0465 e. The Morgan fingerprint density at radius 2 is 0.767 bits per heavy atom. The molecule has 0 spiro atoms. The molecule has 1 aliphatic carbocycles. The fourth-order valence-corrected chi connectivity index (χ4v) is 9.51. The van der Waals surface area contributed by atoms with Crippen LogP contribution in [-0.4, -0.2) is 0 Å². The fourth-order valence-electron chi connectivity index (χ4n) is 9.51. The van der Waals surface area contributed by atoms with Crippen LogP contribution in [0.5, 0.6) is 0 Å². The molecular weight excluding hydrogens is 723 g/mol. The van der Waals surface area contributed by atoms with Crippen molar-refractivity contribution < 1.29 is 0 Å². The minimum atomic E-state index is -0.0907. The van der Waals surface area contributed by atoms with Gasteiger partial charge in [0.05, 0.1) is 0 Å². The molecule has 0 bridgehead atoms. The Morgan fingerprint density at radius 1 is 0.283 bits per heavy atom. The summed E-state index contributed by atoms with van der Waals surface area (Å²) < 4.78 is 0. The third-order valence-electron chi connectivity index (χ3n) is 12.7. The highest BCUT2D eigenvalue weighted by Gasteiger charge is 2.35. The molecule has 0 aromatic heterocycles. The van der Waals surface area contributed by atoms with E-state index in [9.17, 15) is 0 Å². The first-order valence-corrected chi connectivity index (χ1v) is 20.9. The summed E-state index contributed by atoms with van der Waals surface area (Å²) >= 11 is 0. The first-order chi connectivity index (χ1) is 29.5. The predicted octanol–water partition coefficient (Wildman–Crippen LogP) is 16.4. The van der Waals surface area contributed by atoms with Gasteiger partial charge in [0, 0.05) is 22.5 Å². The van der Waals surface area contributed by atoms with E-state index in [1.54, 1.807) is 0 Å². The van der Waals surface area contributed by atoms with E-state index < -0.39 is 0 Å². The SMILES string of the molecule is CC1(C)c2ccccc2-c2ccc(N(c3ccc(-c4ccccc4)cc3)c3ccc(-c4ccc(-c5ccc6c(-c7ccccc7)cc7ccccc7c6c5)cc4)cc3)cc21. The van der Waals surface area contributed by atoms with E-state index in [0.29, 0.717) is 0 Å². The molecular formula is C59H43N. The molecule has 0 radical (unpaired) electrons. The molecule has 0 fully saturated rings. The molecule has 60 heavy (non-hydrogen) atoms. The summed E-state index contributed by atoms with van der Waals surface area (Å²) in [7, 11) is 0. The molecule has 0 heterocycles. The number of hydrogen-bond donors (Lipinski definition) is 0. The van der Waals surface area contributed by atoms with Crippen LogP contribution in [0.4, 0.5) is 17.1 Å². The van der Waals surface area contributed by atoms with Crippen LogP contribution >= 0.6 is 0 Å². The maximum absolute atomic E-state index is 2.41. The molecule has 284 valence electrons. The van der Waals surface area contributed by atoms with Gasteiger partial charge in [0.15, 0.2) is 0 Å². The highest BCUT2D eigenvalue weighted by atomic mass is 15.1. The molecule has 1 nitrogen and oxygen atoms in total. The molecule has 0 amide bonds. The molecule has 1 aliphatic rings. The molecule has 10 aromatic carbocycles. The van der Waals surface area contributed by atoms with Crippen molar-refractivity contribution in [2.24, 2.45) is 0 Å². The predicted molar refractivity (Wildman–Crippen MR) is 255 cm³/mol. The van der Waals surface area contributed by atoms with Crippen molar-refractivity contribution in [2.45, 2.75) is 19.3 Å². The van der Waals surface area contributed by atoms with Crippen LogP contribution < -0.4 is 4.90 Å². The lowest BCUT2D eigenvalue weighted by molar-refractivity contribution is 0.660. The quantitative estimate of drug-likeness (QED) is 0.146. The Morgan fingerprint density at radius 3 is 1.43 bits per heavy atom. The van der Waals surface area contributed by atoms with Gasteiger partial charge in [-0.2, -0.15) is 0 Å². The Kier molecular flexibility index (Phi) is 8.57. The zero-order valence-electron chi connectivity index (χ0n) is 33.8. The highest BCUT2D eigenvalue weighted by molar-refractivity contribution is 6.14. The van der Waals surface area contributed by atoms with Crippen LogP contribution in [0.1, 0.15) is 25.0 Å². The summed E-state index contributed by atoms with van der Waals surface area (Å²) in [4.78, 5) is 2.40. The second-order valence-electron chi connectivity index (χ2n) is 16.5. The van der Waals surface area contributed by atoms with Crippen LogP contribution in [0.2, 0.25) is 0 Å². The van der Waals surface area contributed by atoms with Crippen molar-refractivity contribution in [3.8, 4) is 55.6 Å². The zero-order chi connectivity index (χ0) is 40.2. The lowest BCUT2D eigenvalue weighted by atomic mass is 9.82. The average Bonchev–Trinajstić information content (AvgIpc) is 3.55. The topological polar surface area (TPSA) is 3.24 Å². The van der Waals surface area contributed by atoms with E-state index in [2.05, 4.69) is 243 Å². The lowest BCUT2D eigenvalue weighted by Gasteiger charge is -2.28. The minimum Gasteiger partial charge on any atom is -0.310 e. The van der Waals surface area contributed by atoms with Crippen LogP contribution in [-0.2, 0) is 5.41 Å². The summed E-state index contributed by atoms with van der Waals surface area (Å²) in [6.45, 7) is 4.70. The molecule has 0 aliphatic heterocycles. The van der Waals surface area contributed by atoms with Crippen molar-refractivity contribution in [1.29, 1.82) is 0 Å². The van der Waals surface area contributed by atoms with Crippen molar-refractivity contribution in [1.82, 2.24) is 0 Å². The van der Waals surface area contributed by atoms with Gasteiger partial charge in [-0.1, -0.05) is 190 Å². The van der Waals surface area contributed by atoms with Gasteiger partial charge in [0.2, 0.25) is 0 Å². The summed E-state index contributed by atoms with van der Waals surface area (Å²) in [6.07, 6.45) is 0. The van der Waals surface area contributed by atoms with E-state index in [1.807, 2.05) is 0 Å². The third kappa shape index (κ3) is 6.10. The van der Waals surface area contributed by atoms with E-state index in [-0.39, 0.29) is 5.41 Å². The standard InChI is InChI=1S/C59H43N/c1-59(2)57-20-12-11-19-53(57)54-36-34-50(39-58(54)59)60(48-30-25-42(26-31-48)40-13-5-3-6-14-40)49-32-27-43(28-33-49)41-21-23-44(24-22-41)46-29-35-52-55(45-15-7-4-8-16-45)38-47-17-9-10-18-51(47)56(52)37-46/h3-39H,1-2H3. The van der Waals surface area contributed by atoms with Gasteiger partial charge in [-0.3, -0.25) is 0 Å². The van der Waals surface area contributed by atoms with Crippen molar-refractivity contribution in [2.75, 3.05) is 4.90 Å². The van der Waals surface area contributed by atoms with E-state index in [1.165, 1.54) is 88.3 Å². The van der Waals surface area contributed by atoms with Crippen LogP contribution in [0.25, 0.3) is 77.2 Å². The first kappa shape index (κ1) is 35.7. The number of nitrogens with zero attached hydrogens (tertiary/aromatic N) is 1. The van der Waals surface area contributed by atoms with Gasteiger partial charge in [-0.05, 0) is 137 Å². The number of fused-ring (bicyclic) bond motifs is 6. The summed E-state index contributed by atoms with van der Waals surface area (Å²) in [6, 6.07) is 82.3. The van der Waals surface area contributed by atoms with Crippen molar-refractivity contribution in [3.63, 3.8) is 0 Å². The number of benzene rings is 10. The smallest absolute Gasteiger partial charge is 0.0465 e. The van der Waals surface area contributed by atoms with Gasteiger partial charge in [-0.15, -0.1) is 0 Å². The van der Waals surface area contributed by atoms with E-state index >= 15 is 0 Å². The molecule has 0 N–H and O–H groups in total. The second kappa shape index (κ2) is 14.4. The molecule has 0 saturated heterocycles. The molecule has 1 heteroatoms. The van der Waals surface area contributed by atoms with Crippen molar-refractivity contribution >= 4 is 38.6 Å². The zero-order valence-corrected chi connectivity index (χ0v) is 33.8. The van der Waals surface area contributed by atoms with Crippen LogP contribution in [0.3, 0.4) is 0 Å². The molecule has 10 aromatic rings. The van der Waals surface area contributed by atoms with Gasteiger partial charge in [0.1, 0.15) is 0 Å². The lowest BCUT2D eigenvalue weighted by Crippen LogP contribution is -2.16. The third-order valence-corrected chi connectivity index (χ3v) is 12.7. The monoisotopic (exact) mass is 765 g/mol. The molecule has 0 unspecified atom stereocenters. The number of rotatable bonds is 7. The van der Waals surface area contributed by atoms with Gasteiger partial charge >= 0.3 is 0 Å². The Balaban J connectivity index is 0.937. The molecule has 0 saturated carbocycles. The van der Waals surface area contributed by atoms with Crippen LogP contribution in [0, 0.1) is 0 Å². The number of hydrogen-bond acceptors (Lipinski definition) is 1. The molecule has 11 rings (SSSR count). The largest absolute Gasteiger partial charge is 0.310 e. The van der Waals surface area contributed by atoms with Gasteiger partial charge < -0.3 is 4.90 Å². The Labute approximate surface area is 352 Å². The molecule has 0 atom stereocenters. The Hall–Kier alpha value is -7.48. The van der Waals surface area contributed by atoms with E-state index in [4.69, 9.17) is 0 Å². The first-order valence-electron chi connectivity index (χ1n) is 20.9. The summed E-state index contributed by atoms with van der Waals surface area (Å²) in [5.74, 6) is 0. The fraction of sp³-hybridized carbons (Fsp3) is 0.0508. The summed E-state index contributed by atoms with van der Waals surface area (Å²) in [5.41, 5.74) is 18.4. The summed E-state index contributed by atoms with van der Waals surface area (Å²) in [5, 5.41) is 5.09. The highest BCUT2D eigenvalue weighted by Crippen LogP contribution is 2.51.